The van der Waals surface area contributed by atoms with E-state index in [0.717, 1.165) is 11.1 Å². The fraction of sp³-hybridized carbons (Fsp3) is 0.300. The van der Waals surface area contributed by atoms with Gasteiger partial charge in [-0.3, -0.25) is 14.9 Å². The Labute approximate surface area is 147 Å². The molecule has 0 aliphatic carbocycles. The van der Waals surface area contributed by atoms with Crippen molar-refractivity contribution in [2.24, 2.45) is 5.92 Å². The normalized spacial score (nSPS) is 25.4. The highest BCUT2D eigenvalue weighted by Gasteiger charge is 2.51. The SMILES string of the molecule is COC(=O)[C@H]1[C@@H](c2ccccc2)[C@H](C(=O)OC)N[C@@H]1c1ccccc1. The van der Waals surface area contributed by atoms with E-state index in [1.54, 1.807) is 0 Å². The molecule has 5 heteroatoms. The summed E-state index contributed by atoms with van der Waals surface area (Å²) in [6.45, 7) is 0. The van der Waals surface area contributed by atoms with Crippen molar-refractivity contribution in [3.63, 3.8) is 0 Å². The highest BCUT2D eigenvalue weighted by atomic mass is 16.5. The highest BCUT2D eigenvalue weighted by molar-refractivity contribution is 5.83. The molecule has 3 rings (SSSR count). The summed E-state index contributed by atoms with van der Waals surface area (Å²) in [5.74, 6) is -1.63. The van der Waals surface area contributed by atoms with E-state index < -0.39 is 12.0 Å². The van der Waals surface area contributed by atoms with E-state index in [1.807, 2.05) is 60.7 Å². The summed E-state index contributed by atoms with van der Waals surface area (Å²) >= 11 is 0. The molecule has 1 saturated heterocycles. The fourth-order valence-electron chi connectivity index (χ4n) is 3.61. The minimum absolute atomic E-state index is 0.331. The molecule has 0 spiro atoms. The van der Waals surface area contributed by atoms with Crippen LogP contribution in [0.2, 0.25) is 0 Å². The van der Waals surface area contributed by atoms with Crippen molar-refractivity contribution in [1.29, 1.82) is 0 Å². The van der Waals surface area contributed by atoms with Crippen LogP contribution in [0.4, 0.5) is 0 Å². The summed E-state index contributed by atoms with van der Waals surface area (Å²) in [6, 6.07) is 18.2. The highest BCUT2D eigenvalue weighted by Crippen LogP contribution is 2.44. The number of carbonyl (C=O) groups is 2. The Morgan fingerprint density at radius 3 is 1.84 bits per heavy atom. The molecule has 1 aliphatic heterocycles. The Kier molecular flexibility index (Phi) is 5.14. The van der Waals surface area contributed by atoms with Crippen LogP contribution in [-0.2, 0) is 19.1 Å². The Morgan fingerprint density at radius 1 is 0.800 bits per heavy atom. The molecule has 2 aromatic rings. The maximum Gasteiger partial charge on any atom is 0.323 e. The van der Waals surface area contributed by atoms with E-state index in [2.05, 4.69) is 5.32 Å². The molecule has 25 heavy (non-hydrogen) atoms. The summed E-state index contributed by atoms with van der Waals surface area (Å²) in [7, 11) is 2.73. The van der Waals surface area contributed by atoms with Gasteiger partial charge in [0.05, 0.1) is 20.1 Å². The van der Waals surface area contributed by atoms with Crippen LogP contribution in [0.1, 0.15) is 23.1 Å². The lowest BCUT2D eigenvalue weighted by Crippen LogP contribution is -2.36. The van der Waals surface area contributed by atoms with Crippen molar-refractivity contribution < 1.29 is 19.1 Å². The van der Waals surface area contributed by atoms with Gasteiger partial charge in [-0.2, -0.15) is 0 Å². The Morgan fingerprint density at radius 2 is 1.32 bits per heavy atom. The summed E-state index contributed by atoms with van der Waals surface area (Å²) in [5.41, 5.74) is 1.84. The van der Waals surface area contributed by atoms with Gasteiger partial charge < -0.3 is 9.47 Å². The molecule has 0 aromatic heterocycles. The fourth-order valence-corrected chi connectivity index (χ4v) is 3.61. The zero-order valence-corrected chi connectivity index (χ0v) is 14.2. The number of esters is 2. The smallest absolute Gasteiger partial charge is 0.323 e. The molecule has 0 radical (unpaired) electrons. The van der Waals surface area contributed by atoms with Crippen LogP contribution in [0.15, 0.2) is 60.7 Å². The molecule has 5 nitrogen and oxygen atoms in total. The van der Waals surface area contributed by atoms with Crippen LogP contribution in [-0.4, -0.2) is 32.2 Å². The number of methoxy groups -OCH3 is 2. The predicted octanol–water partition coefficient (Wildman–Crippen LogP) is 2.45. The van der Waals surface area contributed by atoms with Crippen molar-refractivity contribution in [3.05, 3.63) is 71.8 Å². The van der Waals surface area contributed by atoms with Gasteiger partial charge >= 0.3 is 11.9 Å². The largest absolute Gasteiger partial charge is 0.469 e. The van der Waals surface area contributed by atoms with E-state index in [1.165, 1.54) is 14.2 Å². The van der Waals surface area contributed by atoms with Crippen LogP contribution in [0.3, 0.4) is 0 Å². The third-order valence-electron chi connectivity index (χ3n) is 4.74. The summed E-state index contributed by atoms with van der Waals surface area (Å²) < 4.78 is 10.0. The molecular formula is C20H21NO4. The number of hydrogen-bond donors (Lipinski definition) is 1. The Balaban J connectivity index is 2.09. The van der Waals surface area contributed by atoms with Gasteiger partial charge in [-0.05, 0) is 11.1 Å². The lowest BCUT2D eigenvalue weighted by atomic mass is 9.80. The number of rotatable bonds is 4. The van der Waals surface area contributed by atoms with Crippen molar-refractivity contribution in [2.75, 3.05) is 14.2 Å². The van der Waals surface area contributed by atoms with Crippen molar-refractivity contribution in [2.45, 2.75) is 18.0 Å². The first kappa shape index (κ1) is 17.2. The van der Waals surface area contributed by atoms with Crippen LogP contribution in [0, 0.1) is 5.92 Å². The van der Waals surface area contributed by atoms with Gasteiger partial charge in [0.2, 0.25) is 0 Å². The zero-order chi connectivity index (χ0) is 17.8. The second-order valence-electron chi connectivity index (χ2n) is 6.04. The lowest BCUT2D eigenvalue weighted by Gasteiger charge is -2.23. The van der Waals surface area contributed by atoms with Crippen molar-refractivity contribution in [1.82, 2.24) is 5.32 Å². The van der Waals surface area contributed by atoms with Gasteiger partial charge in [0.1, 0.15) is 6.04 Å². The Bertz CT molecular complexity index is 732. The van der Waals surface area contributed by atoms with E-state index in [0.29, 0.717) is 0 Å². The number of ether oxygens (including phenoxy) is 2. The van der Waals surface area contributed by atoms with Crippen molar-refractivity contribution >= 4 is 11.9 Å². The number of carbonyl (C=O) groups excluding carboxylic acids is 2. The van der Waals surface area contributed by atoms with Gasteiger partial charge in [-0.25, -0.2) is 0 Å². The van der Waals surface area contributed by atoms with Crippen LogP contribution in [0.5, 0.6) is 0 Å². The van der Waals surface area contributed by atoms with Crippen molar-refractivity contribution in [3.8, 4) is 0 Å². The molecule has 4 atom stereocenters. The zero-order valence-electron chi connectivity index (χ0n) is 14.2. The maximum absolute atomic E-state index is 12.6. The molecule has 2 aromatic carbocycles. The van der Waals surface area contributed by atoms with Gasteiger partial charge in [0.25, 0.3) is 0 Å². The molecular weight excluding hydrogens is 318 g/mol. The third kappa shape index (κ3) is 3.28. The molecule has 1 heterocycles. The van der Waals surface area contributed by atoms with E-state index in [9.17, 15) is 9.59 Å². The minimum atomic E-state index is -0.623. The topological polar surface area (TPSA) is 64.6 Å². The quantitative estimate of drug-likeness (QED) is 0.867. The molecule has 0 unspecified atom stereocenters. The average molecular weight is 339 g/mol. The van der Waals surface area contributed by atoms with Gasteiger partial charge in [0, 0.05) is 12.0 Å². The molecule has 130 valence electrons. The monoisotopic (exact) mass is 339 g/mol. The van der Waals surface area contributed by atoms with Crippen LogP contribution in [0.25, 0.3) is 0 Å². The molecule has 0 bridgehead atoms. The van der Waals surface area contributed by atoms with E-state index in [-0.39, 0.29) is 23.9 Å². The van der Waals surface area contributed by atoms with Gasteiger partial charge in [0.15, 0.2) is 0 Å². The first-order valence-electron chi connectivity index (χ1n) is 8.19. The first-order valence-corrected chi connectivity index (χ1v) is 8.19. The summed E-state index contributed by atoms with van der Waals surface area (Å²) in [5, 5.41) is 3.30. The molecule has 1 aliphatic rings. The lowest BCUT2D eigenvalue weighted by molar-refractivity contribution is -0.146. The van der Waals surface area contributed by atoms with E-state index >= 15 is 0 Å². The third-order valence-corrected chi connectivity index (χ3v) is 4.74. The average Bonchev–Trinajstić information content (AvgIpc) is 3.08. The van der Waals surface area contributed by atoms with Crippen LogP contribution >= 0.6 is 0 Å². The predicted molar refractivity (Wildman–Crippen MR) is 92.8 cm³/mol. The molecule has 1 fully saturated rings. The molecule has 0 saturated carbocycles. The second kappa shape index (κ2) is 7.49. The molecule has 0 amide bonds. The number of benzene rings is 2. The van der Waals surface area contributed by atoms with Gasteiger partial charge in [-0.1, -0.05) is 60.7 Å². The first-order chi connectivity index (χ1) is 12.2. The minimum Gasteiger partial charge on any atom is -0.469 e. The maximum atomic E-state index is 12.6. The second-order valence-corrected chi connectivity index (χ2v) is 6.04. The Hall–Kier alpha value is -2.66. The summed E-state index contributed by atoms with van der Waals surface area (Å²) in [6.07, 6.45) is 0. The number of hydrogen-bond acceptors (Lipinski definition) is 5. The van der Waals surface area contributed by atoms with Gasteiger partial charge in [-0.15, -0.1) is 0 Å². The number of nitrogens with one attached hydrogen (secondary N) is 1. The van der Waals surface area contributed by atoms with E-state index in [4.69, 9.17) is 9.47 Å². The van der Waals surface area contributed by atoms with Crippen LogP contribution < -0.4 is 5.32 Å². The summed E-state index contributed by atoms with van der Waals surface area (Å²) in [4.78, 5) is 25.0. The standard InChI is InChI=1S/C20H21NO4/c1-24-19(22)16-15(13-9-5-3-6-10-13)18(20(23)25-2)21-17(16)14-11-7-4-8-12-14/h3-12,15-18,21H,1-2H3/t15-,16+,17-,18-/m1/s1. The molecule has 1 N–H and O–H groups in total.